The molecule has 0 spiro atoms. The third-order valence-corrected chi connectivity index (χ3v) is 4.27. The van der Waals surface area contributed by atoms with Crippen LogP contribution in [0.4, 0.5) is 4.39 Å². The Kier molecular flexibility index (Phi) is 5.96. The van der Waals surface area contributed by atoms with Crippen LogP contribution in [0.25, 0.3) is 0 Å². The number of nitrogens with one attached hydrogen (secondary N) is 1. The maximum Gasteiger partial charge on any atom is 0.123 e. The van der Waals surface area contributed by atoms with E-state index in [0.717, 1.165) is 24.3 Å². The highest BCUT2D eigenvalue weighted by atomic mass is 19.1. The standard InChI is InChI=1S/C16H27FN2O/c1-7-16(3,19(4)5)15(18-8-2)13-11-12(17)9-10-14(13)20-6/h9-11,15,18H,7-8H2,1-6H3. The van der Waals surface area contributed by atoms with Gasteiger partial charge in [0.2, 0.25) is 0 Å². The van der Waals surface area contributed by atoms with Gasteiger partial charge in [0.15, 0.2) is 0 Å². The van der Waals surface area contributed by atoms with Crippen LogP contribution in [-0.2, 0) is 0 Å². The molecule has 0 aliphatic carbocycles. The van der Waals surface area contributed by atoms with Gasteiger partial charge < -0.3 is 15.0 Å². The Morgan fingerprint density at radius 2 is 2.00 bits per heavy atom. The first-order valence-electron chi connectivity index (χ1n) is 7.14. The zero-order valence-corrected chi connectivity index (χ0v) is 13.5. The van der Waals surface area contributed by atoms with Crippen LogP contribution in [0.2, 0.25) is 0 Å². The van der Waals surface area contributed by atoms with Crippen LogP contribution in [0.3, 0.4) is 0 Å². The minimum absolute atomic E-state index is 0.00171. The Balaban J connectivity index is 3.36. The summed E-state index contributed by atoms with van der Waals surface area (Å²) >= 11 is 0. The number of halogens is 1. The smallest absolute Gasteiger partial charge is 0.123 e. The number of rotatable bonds is 7. The average Bonchev–Trinajstić information content (AvgIpc) is 2.43. The quantitative estimate of drug-likeness (QED) is 0.831. The highest BCUT2D eigenvalue weighted by Crippen LogP contribution is 2.37. The van der Waals surface area contributed by atoms with Gasteiger partial charge in [-0.2, -0.15) is 0 Å². The maximum absolute atomic E-state index is 13.7. The summed E-state index contributed by atoms with van der Waals surface area (Å²) in [5.41, 5.74) is 0.740. The SMILES string of the molecule is CCNC(c1cc(F)ccc1OC)C(C)(CC)N(C)C. The number of likely N-dealkylation sites (N-methyl/N-ethyl adjacent to an activating group) is 2. The molecule has 1 rings (SSSR count). The Labute approximate surface area is 122 Å². The molecule has 4 heteroatoms. The summed E-state index contributed by atoms with van der Waals surface area (Å²) in [6.45, 7) is 7.21. The van der Waals surface area contributed by atoms with E-state index in [0.29, 0.717) is 0 Å². The lowest BCUT2D eigenvalue weighted by atomic mass is 9.83. The van der Waals surface area contributed by atoms with Crippen LogP contribution in [0.5, 0.6) is 5.75 Å². The molecule has 0 saturated carbocycles. The zero-order valence-electron chi connectivity index (χ0n) is 13.5. The van der Waals surface area contributed by atoms with E-state index in [1.54, 1.807) is 19.2 Å². The van der Waals surface area contributed by atoms with Crippen molar-refractivity contribution in [2.75, 3.05) is 27.7 Å². The van der Waals surface area contributed by atoms with Gasteiger partial charge >= 0.3 is 0 Å². The second kappa shape index (κ2) is 7.04. The highest BCUT2D eigenvalue weighted by Gasteiger charge is 2.37. The molecule has 0 bridgehead atoms. The Bertz CT molecular complexity index is 436. The molecule has 0 saturated heterocycles. The number of methoxy groups -OCH3 is 1. The highest BCUT2D eigenvalue weighted by molar-refractivity contribution is 5.38. The summed E-state index contributed by atoms with van der Waals surface area (Å²) in [6, 6.07) is 4.70. The van der Waals surface area contributed by atoms with Gasteiger partial charge in [-0.15, -0.1) is 0 Å². The molecule has 0 fully saturated rings. The van der Waals surface area contributed by atoms with E-state index in [2.05, 4.69) is 45.1 Å². The maximum atomic E-state index is 13.7. The van der Waals surface area contributed by atoms with E-state index < -0.39 is 0 Å². The predicted molar refractivity (Wildman–Crippen MR) is 81.8 cm³/mol. The molecule has 20 heavy (non-hydrogen) atoms. The van der Waals surface area contributed by atoms with E-state index in [4.69, 9.17) is 4.74 Å². The first-order chi connectivity index (χ1) is 9.40. The zero-order chi connectivity index (χ0) is 15.3. The molecule has 0 aromatic heterocycles. The van der Waals surface area contributed by atoms with Gasteiger partial charge in [0.1, 0.15) is 11.6 Å². The lowest BCUT2D eigenvalue weighted by Crippen LogP contribution is -2.51. The van der Waals surface area contributed by atoms with Crippen LogP contribution in [0.15, 0.2) is 18.2 Å². The molecule has 1 aromatic rings. The second-order valence-electron chi connectivity index (χ2n) is 5.48. The van der Waals surface area contributed by atoms with E-state index >= 15 is 0 Å². The van der Waals surface area contributed by atoms with Crippen LogP contribution in [0, 0.1) is 5.82 Å². The topological polar surface area (TPSA) is 24.5 Å². The number of benzene rings is 1. The fourth-order valence-corrected chi connectivity index (χ4v) is 2.58. The van der Waals surface area contributed by atoms with Crippen molar-refractivity contribution in [2.45, 2.75) is 38.8 Å². The molecule has 2 unspecified atom stereocenters. The van der Waals surface area contributed by atoms with Crippen LogP contribution >= 0.6 is 0 Å². The molecule has 0 heterocycles. The lowest BCUT2D eigenvalue weighted by Gasteiger charge is -2.43. The first-order valence-corrected chi connectivity index (χ1v) is 7.14. The van der Waals surface area contributed by atoms with Crippen LogP contribution in [-0.4, -0.2) is 38.2 Å². The van der Waals surface area contributed by atoms with Gasteiger partial charge in [0.25, 0.3) is 0 Å². The molecule has 0 aliphatic rings. The van der Waals surface area contributed by atoms with Gasteiger partial charge in [0, 0.05) is 11.1 Å². The summed E-state index contributed by atoms with van der Waals surface area (Å²) in [5, 5.41) is 3.49. The lowest BCUT2D eigenvalue weighted by molar-refractivity contribution is 0.112. The van der Waals surface area contributed by atoms with Crippen molar-refractivity contribution in [1.29, 1.82) is 0 Å². The Hall–Kier alpha value is -1.13. The fourth-order valence-electron chi connectivity index (χ4n) is 2.58. The predicted octanol–water partition coefficient (Wildman–Crippen LogP) is 3.22. The molecule has 0 amide bonds. The molecule has 0 radical (unpaired) electrons. The summed E-state index contributed by atoms with van der Waals surface area (Å²) in [6.07, 6.45) is 0.942. The summed E-state index contributed by atoms with van der Waals surface area (Å²) < 4.78 is 19.1. The number of nitrogens with zero attached hydrogens (tertiary/aromatic N) is 1. The monoisotopic (exact) mass is 282 g/mol. The molecule has 1 aromatic carbocycles. The summed E-state index contributed by atoms with van der Waals surface area (Å²) in [4.78, 5) is 2.19. The van der Waals surface area contributed by atoms with E-state index in [-0.39, 0.29) is 17.4 Å². The first kappa shape index (κ1) is 16.9. The normalized spacial score (nSPS) is 16.0. The van der Waals surface area contributed by atoms with E-state index in [1.165, 1.54) is 6.07 Å². The number of hydrogen-bond donors (Lipinski definition) is 1. The van der Waals surface area contributed by atoms with Gasteiger partial charge in [0.05, 0.1) is 13.2 Å². The van der Waals surface area contributed by atoms with Gasteiger partial charge in [-0.25, -0.2) is 4.39 Å². The third-order valence-electron chi connectivity index (χ3n) is 4.27. The molecule has 3 nitrogen and oxygen atoms in total. The van der Waals surface area contributed by atoms with Crippen molar-refractivity contribution in [3.8, 4) is 5.75 Å². The van der Waals surface area contributed by atoms with Crippen molar-refractivity contribution >= 4 is 0 Å². The van der Waals surface area contributed by atoms with Crippen molar-refractivity contribution in [2.24, 2.45) is 0 Å². The Morgan fingerprint density at radius 1 is 1.35 bits per heavy atom. The van der Waals surface area contributed by atoms with E-state index in [9.17, 15) is 4.39 Å². The van der Waals surface area contributed by atoms with Crippen LogP contribution < -0.4 is 10.1 Å². The molecule has 0 aliphatic heterocycles. The summed E-state index contributed by atoms with van der Waals surface area (Å²) in [7, 11) is 5.73. The summed E-state index contributed by atoms with van der Waals surface area (Å²) in [5.74, 6) is 0.486. The van der Waals surface area contributed by atoms with Crippen LogP contribution in [0.1, 0.15) is 38.8 Å². The molecule has 2 atom stereocenters. The fraction of sp³-hybridized carbons (Fsp3) is 0.625. The minimum atomic E-state index is -0.235. The third kappa shape index (κ3) is 3.30. The average molecular weight is 282 g/mol. The molecule has 1 N–H and O–H groups in total. The van der Waals surface area contributed by atoms with E-state index in [1.807, 2.05) is 0 Å². The van der Waals surface area contributed by atoms with Crippen molar-refractivity contribution in [3.05, 3.63) is 29.6 Å². The largest absolute Gasteiger partial charge is 0.496 e. The second-order valence-corrected chi connectivity index (χ2v) is 5.48. The van der Waals surface area contributed by atoms with Gasteiger partial charge in [-0.05, 0) is 52.2 Å². The molecular formula is C16H27FN2O. The van der Waals surface area contributed by atoms with Crippen molar-refractivity contribution in [1.82, 2.24) is 10.2 Å². The number of hydrogen-bond acceptors (Lipinski definition) is 3. The molecule has 114 valence electrons. The Morgan fingerprint density at radius 3 is 2.45 bits per heavy atom. The van der Waals surface area contributed by atoms with Gasteiger partial charge in [-0.3, -0.25) is 0 Å². The number of ether oxygens (including phenoxy) is 1. The van der Waals surface area contributed by atoms with Gasteiger partial charge in [-0.1, -0.05) is 13.8 Å². The minimum Gasteiger partial charge on any atom is -0.496 e. The molecular weight excluding hydrogens is 255 g/mol. The van der Waals surface area contributed by atoms with Crippen molar-refractivity contribution in [3.63, 3.8) is 0 Å². The van der Waals surface area contributed by atoms with Crippen molar-refractivity contribution < 1.29 is 9.13 Å².